The van der Waals surface area contributed by atoms with Crippen molar-refractivity contribution in [2.45, 2.75) is 38.4 Å². The number of para-hydroxylation sites is 1. The monoisotopic (exact) mass is 660 g/mol. The van der Waals surface area contributed by atoms with Gasteiger partial charge in [-0.15, -0.1) is 6.58 Å². The van der Waals surface area contributed by atoms with Crippen LogP contribution in [0.5, 0.6) is 0 Å². The van der Waals surface area contributed by atoms with E-state index in [1.165, 1.54) is 5.39 Å². The summed E-state index contributed by atoms with van der Waals surface area (Å²) in [6.07, 6.45) is 3.20. The maximum absolute atomic E-state index is 14.7. The number of aliphatic imine (C=N–C) groups is 1. The molecule has 0 aromatic heterocycles. The van der Waals surface area contributed by atoms with E-state index >= 15 is 0 Å². The number of nitrogens with zero attached hydrogens (tertiary/aromatic N) is 2. The van der Waals surface area contributed by atoms with Gasteiger partial charge in [-0.3, -0.25) is 14.4 Å². The number of benzene rings is 5. The molecular weight excluding hydrogens is 620 g/mol. The van der Waals surface area contributed by atoms with Gasteiger partial charge in [0.2, 0.25) is 18.0 Å². The highest BCUT2D eigenvalue weighted by molar-refractivity contribution is 6.20. The average molecular weight is 661 g/mol. The molecule has 7 heteroatoms. The normalized spacial score (nSPS) is 16.9. The minimum absolute atomic E-state index is 0.257. The number of primary amides is 1. The van der Waals surface area contributed by atoms with Crippen LogP contribution in [0.1, 0.15) is 42.4 Å². The summed E-state index contributed by atoms with van der Waals surface area (Å²) < 4.78 is 0. The van der Waals surface area contributed by atoms with Crippen molar-refractivity contribution in [1.29, 1.82) is 0 Å². The number of carbonyl (C=O) groups is 3. The van der Waals surface area contributed by atoms with Crippen LogP contribution in [0.4, 0.5) is 5.69 Å². The highest BCUT2D eigenvalue weighted by Gasteiger charge is 2.40. The van der Waals surface area contributed by atoms with Gasteiger partial charge in [-0.05, 0) is 64.4 Å². The number of carbonyl (C=O) groups excluding carboxylic acids is 3. The molecule has 0 radical (unpaired) electrons. The molecule has 7 rings (SSSR count). The molecule has 2 aliphatic rings. The summed E-state index contributed by atoms with van der Waals surface area (Å²) in [5.74, 6) is -2.39. The highest BCUT2D eigenvalue weighted by atomic mass is 16.2. The standard InChI is InChI=1S/C43H40N4O3/c1-2-11-35(40(44)48)37(25-28-20-21-28)42(49)46-41-43(50)47(38-19-9-8-18-36(38)39(45-41)31-14-4-3-5-15-31)27-29-12-10-17-32(24-29)34-23-22-30-13-6-7-16-33(30)26-34/h2-10,12-19,22-24,26,28,35,37,41H,1,11,20-21,25,27H2,(H2,44,48)(H,46,49)/t35-,37+,41?/m0/s1. The Morgan fingerprint density at radius 3 is 2.28 bits per heavy atom. The Morgan fingerprint density at radius 1 is 0.820 bits per heavy atom. The molecule has 3 amide bonds. The Kier molecular flexibility index (Phi) is 9.39. The number of allylic oxidation sites excluding steroid dienone is 1. The van der Waals surface area contributed by atoms with E-state index in [0.29, 0.717) is 23.7 Å². The summed E-state index contributed by atoms with van der Waals surface area (Å²) in [5, 5.41) is 5.31. The van der Waals surface area contributed by atoms with Gasteiger partial charge in [-0.25, -0.2) is 4.99 Å². The second-order valence-corrected chi connectivity index (χ2v) is 13.3. The van der Waals surface area contributed by atoms with Gasteiger partial charge in [-0.2, -0.15) is 0 Å². The number of nitrogens with one attached hydrogen (secondary N) is 1. The molecule has 7 nitrogen and oxygen atoms in total. The molecule has 0 spiro atoms. The maximum atomic E-state index is 14.7. The SMILES string of the molecule is C=CC[C@H](C(N)=O)[C@@H](CC1CC1)C(=O)NC1N=C(c2ccccc2)c2ccccc2N(Cc2cccc(-c3ccc4ccccc4c3)c2)C1=O. The first kappa shape index (κ1) is 32.7. The molecule has 5 aromatic rings. The van der Waals surface area contributed by atoms with Gasteiger partial charge >= 0.3 is 0 Å². The number of nitrogens with two attached hydrogens (primary N) is 1. The van der Waals surface area contributed by atoms with Crippen molar-refractivity contribution in [3.05, 3.63) is 151 Å². The van der Waals surface area contributed by atoms with Gasteiger partial charge in [0.1, 0.15) is 0 Å². The zero-order valence-electron chi connectivity index (χ0n) is 27.9. The Bertz CT molecular complexity index is 2100. The lowest BCUT2D eigenvalue weighted by Crippen LogP contribution is -2.50. The quantitative estimate of drug-likeness (QED) is 0.136. The highest BCUT2D eigenvalue weighted by Crippen LogP contribution is 2.39. The van der Waals surface area contributed by atoms with Crippen molar-refractivity contribution in [3.63, 3.8) is 0 Å². The summed E-state index contributed by atoms with van der Waals surface area (Å²) >= 11 is 0. The van der Waals surface area contributed by atoms with Crippen LogP contribution in [0, 0.1) is 17.8 Å². The van der Waals surface area contributed by atoms with E-state index in [1.54, 1.807) is 11.0 Å². The molecule has 0 saturated heterocycles. The van der Waals surface area contributed by atoms with Crippen molar-refractivity contribution < 1.29 is 14.4 Å². The number of amides is 3. The molecule has 1 aliphatic heterocycles. The van der Waals surface area contributed by atoms with Gasteiger partial charge in [0.15, 0.2) is 0 Å². The molecule has 1 heterocycles. The van der Waals surface area contributed by atoms with Gasteiger partial charge in [0.25, 0.3) is 5.91 Å². The fourth-order valence-corrected chi connectivity index (χ4v) is 6.98. The second kappa shape index (κ2) is 14.3. The first-order chi connectivity index (χ1) is 24.4. The zero-order chi connectivity index (χ0) is 34.6. The Morgan fingerprint density at radius 2 is 1.52 bits per heavy atom. The first-order valence-electron chi connectivity index (χ1n) is 17.2. The van der Waals surface area contributed by atoms with Crippen molar-refractivity contribution in [2.24, 2.45) is 28.5 Å². The van der Waals surface area contributed by atoms with Crippen LogP contribution < -0.4 is 16.0 Å². The third kappa shape index (κ3) is 6.99. The summed E-state index contributed by atoms with van der Waals surface area (Å²) in [6, 6.07) is 40.3. The summed E-state index contributed by atoms with van der Waals surface area (Å²) in [4.78, 5) is 48.1. The number of fused-ring (bicyclic) bond motifs is 2. The molecule has 250 valence electrons. The minimum atomic E-state index is -1.23. The van der Waals surface area contributed by atoms with Crippen LogP contribution in [-0.4, -0.2) is 29.6 Å². The van der Waals surface area contributed by atoms with E-state index in [1.807, 2.05) is 78.9 Å². The predicted octanol–water partition coefficient (Wildman–Crippen LogP) is 7.43. The molecule has 0 bridgehead atoms. The Balaban J connectivity index is 1.27. The van der Waals surface area contributed by atoms with E-state index in [2.05, 4.69) is 54.4 Å². The predicted molar refractivity (Wildman–Crippen MR) is 199 cm³/mol. The smallest absolute Gasteiger partial charge is 0.272 e. The first-order valence-corrected chi connectivity index (χ1v) is 17.2. The number of hydrogen-bond donors (Lipinski definition) is 2. The maximum Gasteiger partial charge on any atom is 0.272 e. The van der Waals surface area contributed by atoms with Crippen molar-refractivity contribution >= 4 is 39.9 Å². The van der Waals surface area contributed by atoms with Gasteiger partial charge in [0, 0.05) is 11.1 Å². The molecule has 3 N–H and O–H groups in total. The van der Waals surface area contributed by atoms with Crippen molar-refractivity contribution in [3.8, 4) is 11.1 Å². The molecule has 50 heavy (non-hydrogen) atoms. The molecule has 3 atom stereocenters. The van der Waals surface area contributed by atoms with Crippen LogP contribution in [0.2, 0.25) is 0 Å². The van der Waals surface area contributed by atoms with Crippen LogP contribution >= 0.6 is 0 Å². The molecular formula is C43H40N4O3. The number of rotatable bonds is 12. The third-order valence-electron chi connectivity index (χ3n) is 9.78. The fourth-order valence-electron chi connectivity index (χ4n) is 6.98. The Labute approximate surface area is 292 Å². The largest absolute Gasteiger partial charge is 0.369 e. The van der Waals surface area contributed by atoms with Gasteiger partial charge in [0.05, 0.1) is 29.8 Å². The molecule has 5 aromatic carbocycles. The lowest BCUT2D eigenvalue weighted by Gasteiger charge is -2.28. The summed E-state index contributed by atoms with van der Waals surface area (Å²) in [6.45, 7) is 4.05. The van der Waals surface area contributed by atoms with E-state index in [9.17, 15) is 14.4 Å². The van der Waals surface area contributed by atoms with Crippen LogP contribution in [0.15, 0.2) is 139 Å². The van der Waals surface area contributed by atoms with E-state index in [-0.39, 0.29) is 18.9 Å². The number of benzodiazepines with no additional fused rings is 1. The van der Waals surface area contributed by atoms with Crippen LogP contribution in [0.3, 0.4) is 0 Å². The van der Waals surface area contributed by atoms with E-state index < -0.39 is 29.8 Å². The fraction of sp³-hybridized carbons (Fsp3) is 0.209. The lowest BCUT2D eigenvalue weighted by molar-refractivity contribution is -0.135. The van der Waals surface area contributed by atoms with Crippen molar-refractivity contribution in [2.75, 3.05) is 4.90 Å². The van der Waals surface area contributed by atoms with Crippen LogP contribution in [0.25, 0.3) is 21.9 Å². The van der Waals surface area contributed by atoms with Crippen LogP contribution in [-0.2, 0) is 20.9 Å². The zero-order valence-corrected chi connectivity index (χ0v) is 27.9. The third-order valence-corrected chi connectivity index (χ3v) is 9.78. The lowest BCUT2D eigenvalue weighted by atomic mass is 9.84. The summed E-state index contributed by atoms with van der Waals surface area (Å²) in [5.41, 5.74) is 11.8. The second-order valence-electron chi connectivity index (χ2n) is 13.3. The molecule has 1 fully saturated rings. The number of hydrogen-bond acceptors (Lipinski definition) is 4. The minimum Gasteiger partial charge on any atom is -0.369 e. The van der Waals surface area contributed by atoms with Crippen molar-refractivity contribution in [1.82, 2.24) is 5.32 Å². The van der Waals surface area contributed by atoms with E-state index in [4.69, 9.17) is 10.7 Å². The average Bonchev–Trinajstić information content (AvgIpc) is 3.98. The van der Waals surface area contributed by atoms with Gasteiger partial charge in [-0.1, -0.05) is 122 Å². The number of anilines is 1. The molecule has 1 saturated carbocycles. The van der Waals surface area contributed by atoms with Gasteiger partial charge < -0.3 is 16.0 Å². The van der Waals surface area contributed by atoms with E-state index in [0.717, 1.165) is 46.0 Å². The summed E-state index contributed by atoms with van der Waals surface area (Å²) in [7, 11) is 0. The topological polar surface area (TPSA) is 105 Å². The molecule has 1 unspecified atom stereocenters. The molecule has 1 aliphatic carbocycles. The Hall–Kier alpha value is -5.82.